The maximum absolute atomic E-state index is 11.3. The van der Waals surface area contributed by atoms with E-state index in [0.29, 0.717) is 18.4 Å². The third kappa shape index (κ3) is 3.33. The molecule has 3 N–H and O–H groups in total. The number of carbonyl (C=O) groups excluding carboxylic acids is 1. The first-order chi connectivity index (χ1) is 10.7. The fraction of sp³-hybridized carbons (Fsp3) is 0.438. The molecule has 1 saturated carbocycles. The Labute approximate surface area is 129 Å². The van der Waals surface area contributed by atoms with E-state index in [0.717, 1.165) is 11.1 Å². The van der Waals surface area contributed by atoms with Crippen LogP contribution in [0.15, 0.2) is 24.3 Å². The van der Waals surface area contributed by atoms with Crippen molar-refractivity contribution in [2.45, 2.75) is 44.8 Å². The van der Waals surface area contributed by atoms with Gasteiger partial charge in [0.05, 0.1) is 12.7 Å². The summed E-state index contributed by atoms with van der Waals surface area (Å²) in [4.78, 5) is 11.3. The number of benzene rings is 1. The molecule has 3 rings (SSSR count). The van der Waals surface area contributed by atoms with Crippen molar-refractivity contribution in [1.29, 1.82) is 0 Å². The average Bonchev–Trinajstić information content (AvgIpc) is 3.04. The Bertz CT molecular complexity index is 630. The van der Waals surface area contributed by atoms with Gasteiger partial charge in [-0.3, -0.25) is 4.79 Å². The summed E-state index contributed by atoms with van der Waals surface area (Å²) in [7, 11) is 0. The van der Waals surface area contributed by atoms with Gasteiger partial charge < -0.3 is 10.5 Å². The van der Waals surface area contributed by atoms with E-state index < -0.39 is 5.91 Å². The van der Waals surface area contributed by atoms with E-state index in [1.165, 1.54) is 32.1 Å². The number of rotatable bonds is 5. The smallest absolute Gasteiger partial charge is 0.271 e. The SMILES string of the molecule is NC(=O)c1n[nH]nc1-c1ccc(COC2CCCCC2)cc1. The van der Waals surface area contributed by atoms with Crippen LogP contribution in [-0.4, -0.2) is 27.4 Å². The number of carbonyl (C=O) groups is 1. The summed E-state index contributed by atoms with van der Waals surface area (Å²) in [6.07, 6.45) is 6.59. The molecule has 6 nitrogen and oxygen atoms in total. The van der Waals surface area contributed by atoms with Crippen LogP contribution < -0.4 is 5.73 Å². The van der Waals surface area contributed by atoms with Gasteiger partial charge in [-0.25, -0.2) is 0 Å². The van der Waals surface area contributed by atoms with Crippen molar-refractivity contribution in [3.8, 4) is 11.3 Å². The zero-order valence-corrected chi connectivity index (χ0v) is 12.4. The van der Waals surface area contributed by atoms with Crippen LogP contribution in [0.25, 0.3) is 11.3 Å². The number of nitrogens with one attached hydrogen (secondary N) is 1. The molecular formula is C16H20N4O2. The number of amides is 1. The predicted molar refractivity (Wildman–Crippen MR) is 82.0 cm³/mol. The minimum atomic E-state index is -0.589. The summed E-state index contributed by atoms with van der Waals surface area (Å²) < 4.78 is 5.95. The Hall–Kier alpha value is -2.21. The van der Waals surface area contributed by atoms with Crippen molar-refractivity contribution in [1.82, 2.24) is 15.4 Å². The highest BCUT2D eigenvalue weighted by Crippen LogP contribution is 2.23. The normalized spacial score (nSPS) is 15.8. The predicted octanol–water partition coefficient (Wildman–Crippen LogP) is 2.42. The number of H-pyrrole nitrogens is 1. The molecule has 0 saturated heterocycles. The monoisotopic (exact) mass is 300 g/mol. The van der Waals surface area contributed by atoms with Crippen LogP contribution in [0.4, 0.5) is 0 Å². The van der Waals surface area contributed by atoms with Crippen molar-refractivity contribution < 1.29 is 9.53 Å². The topological polar surface area (TPSA) is 93.9 Å². The summed E-state index contributed by atoms with van der Waals surface area (Å²) in [5.41, 5.74) is 7.83. The van der Waals surface area contributed by atoms with Crippen molar-refractivity contribution in [2.75, 3.05) is 0 Å². The van der Waals surface area contributed by atoms with E-state index in [4.69, 9.17) is 10.5 Å². The highest BCUT2D eigenvalue weighted by atomic mass is 16.5. The molecule has 0 atom stereocenters. The molecule has 0 spiro atoms. The third-order valence-corrected chi connectivity index (χ3v) is 4.05. The molecule has 0 unspecified atom stereocenters. The molecular weight excluding hydrogens is 280 g/mol. The summed E-state index contributed by atoms with van der Waals surface area (Å²) in [6.45, 7) is 0.617. The summed E-state index contributed by atoms with van der Waals surface area (Å²) in [5, 5.41) is 10.2. The minimum Gasteiger partial charge on any atom is -0.374 e. The zero-order valence-electron chi connectivity index (χ0n) is 12.4. The molecule has 1 aliphatic rings. The summed E-state index contributed by atoms with van der Waals surface area (Å²) in [6, 6.07) is 7.78. The second kappa shape index (κ2) is 6.70. The fourth-order valence-corrected chi connectivity index (χ4v) is 2.81. The zero-order chi connectivity index (χ0) is 15.4. The largest absolute Gasteiger partial charge is 0.374 e. The van der Waals surface area contributed by atoms with Gasteiger partial charge >= 0.3 is 0 Å². The van der Waals surface area contributed by atoms with E-state index in [9.17, 15) is 4.79 Å². The van der Waals surface area contributed by atoms with E-state index in [2.05, 4.69) is 15.4 Å². The van der Waals surface area contributed by atoms with Gasteiger partial charge in [-0.1, -0.05) is 43.5 Å². The van der Waals surface area contributed by atoms with Gasteiger partial charge in [-0.2, -0.15) is 15.4 Å². The molecule has 6 heteroatoms. The number of ether oxygens (including phenoxy) is 1. The first-order valence-electron chi connectivity index (χ1n) is 7.65. The lowest BCUT2D eigenvalue weighted by Gasteiger charge is -2.22. The number of nitrogens with two attached hydrogens (primary N) is 1. The van der Waals surface area contributed by atoms with Crippen LogP contribution in [0.3, 0.4) is 0 Å². The molecule has 1 fully saturated rings. The molecule has 1 aromatic carbocycles. The van der Waals surface area contributed by atoms with Gasteiger partial charge in [-0.15, -0.1) is 0 Å². The molecule has 1 aromatic heterocycles. The average molecular weight is 300 g/mol. The van der Waals surface area contributed by atoms with Crippen molar-refractivity contribution in [2.24, 2.45) is 5.73 Å². The first-order valence-corrected chi connectivity index (χ1v) is 7.65. The number of aromatic nitrogens is 3. The number of hydrogen-bond acceptors (Lipinski definition) is 4. The van der Waals surface area contributed by atoms with Gasteiger partial charge in [-0.05, 0) is 18.4 Å². The molecule has 1 amide bonds. The second-order valence-corrected chi connectivity index (χ2v) is 5.65. The van der Waals surface area contributed by atoms with E-state index in [1.54, 1.807) is 0 Å². The Morgan fingerprint density at radius 1 is 1.18 bits per heavy atom. The van der Waals surface area contributed by atoms with Crippen LogP contribution in [-0.2, 0) is 11.3 Å². The quantitative estimate of drug-likeness (QED) is 0.886. The lowest BCUT2D eigenvalue weighted by Crippen LogP contribution is -2.16. The van der Waals surface area contributed by atoms with Gasteiger partial charge in [0.1, 0.15) is 5.69 Å². The van der Waals surface area contributed by atoms with E-state index in [-0.39, 0.29) is 5.69 Å². The molecule has 22 heavy (non-hydrogen) atoms. The van der Waals surface area contributed by atoms with E-state index >= 15 is 0 Å². The highest BCUT2D eigenvalue weighted by Gasteiger charge is 2.16. The lowest BCUT2D eigenvalue weighted by atomic mass is 9.98. The van der Waals surface area contributed by atoms with Crippen LogP contribution in [0.1, 0.15) is 48.2 Å². The van der Waals surface area contributed by atoms with Gasteiger partial charge in [0.15, 0.2) is 5.69 Å². The van der Waals surface area contributed by atoms with E-state index in [1.807, 2.05) is 24.3 Å². The maximum Gasteiger partial charge on any atom is 0.271 e. The molecule has 0 bridgehead atoms. The lowest BCUT2D eigenvalue weighted by molar-refractivity contribution is 0.0169. The molecule has 2 aromatic rings. The Balaban J connectivity index is 1.64. The molecule has 116 valence electrons. The number of nitrogens with zero attached hydrogens (tertiary/aromatic N) is 2. The standard InChI is InChI=1S/C16H20N4O2/c17-16(21)15-14(18-20-19-15)12-8-6-11(7-9-12)10-22-13-4-2-1-3-5-13/h6-9,13H,1-5,10H2,(H2,17,21)(H,18,19,20). The number of aromatic amines is 1. The summed E-state index contributed by atoms with van der Waals surface area (Å²) >= 11 is 0. The highest BCUT2D eigenvalue weighted by molar-refractivity contribution is 5.96. The van der Waals surface area contributed by atoms with Crippen molar-refractivity contribution in [3.63, 3.8) is 0 Å². The van der Waals surface area contributed by atoms with Crippen molar-refractivity contribution in [3.05, 3.63) is 35.5 Å². The Morgan fingerprint density at radius 2 is 1.91 bits per heavy atom. The van der Waals surface area contributed by atoms with Gasteiger partial charge in [0, 0.05) is 5.56 Å². The van der Waals surface area contributed by atoms with Gasteiger partial charge in [0.25, 0.3) is 5.91 Å². The number of hydrogen-bond donors (Lipinski definition) is 2. The van der Waals surface area contributed by atoms with Crippen LogP contribution in [0.5, 0.6) is 0 Å². The molecule has 0 aliphatic heterocycles. The van der Waals surface area contributed by atoms with Crippen LogP contribution >= 0.6 is 0 Å². The molecule has 0 radical (unpaired) electrons. The second-order valence-electron chi connectivity index (χ2n) is 5.65. The van der Waals surface area contributed by atoms with Crippen LogP contribution in [0.2, 0.25) is 0 Å². The first kappa shape index (κ1) is 14.7. The molecule has 1 aliphatic carbocycles. The fourth-order valence-electron chi connectivity index (χ4n) is 2.81. The van der Waals surface area contributed by atoms with Crippen LogP contribution in [0, 0.1) is 0 Å². The van der Waals surface area contributed by atoms with Gasteiger partial charge in [0.2, 0.25) is 0 Å². The number of primary amides is 1. The Morgan fingerprint density at radius 3 is 2.59 bits per heavy atom. The minimum absolute atomic E-state index is 0.159. The van der Waals surface area contributed by atoms with Crippen molar-refractivity contribution >= 4 is 5.91 Å². The summed E-state index contributed by atoms with van der Waals surface area (Å²) in [5.74, 6) is -0.589. The Kier molecular flexibility index (Phi) is 4.48. The third-order valence-electron chi connectivity index (χ3n) is 4.05. The maximum atomic E-state index is 11.3. The molecule has 1 heterocycles.